The third-order valence-electron chi connectivity index (χ3n) is 4.91. The Morgan fingerprint density at radius 3 is 2.48 bits per heavy atom. The van der Waals surface area contributed by atoms with Crippen LogP contribution in [0.3, 0.4) is 0 Å². The molecule has 0 unspecified atom stereocenters. The van der Waals surface area contributed by atoms with Gasteiger partial charge in [-0.2, -0.15) is 4.31 Å². The van der Waals surface area contributed by atoms with Gasteiger partial charge in [0.05, 0.1) is 6.26 Å². The molecule has 8 heteroatoms. The van der Waals surface area contributed by atoms with Crippen LogP contribution in [0.2, 0.25) is 0 Å². The molecule has 2 aromatic rings. The fourth-order valence-electron chi connectivity index (χ4n) is 3.42. The molecule has 29 heavy (non-hydrogen) atoms. The molecule has 1 atom stereocenters. The number of nitrogens with zero attached hydrogens (tertiary/aromatic N) is 1. The summed E-state index contributed by atoms with van der Waals surface area (Å²) in [4.78, 5) is 24.8. The molecule has 0 fully saturated rings. The van der Waals surface area contributed by atoms with Crippen LogP contribution in [0.4, 0.5) is 5.69 Å². The standard InChI is InChI=1S/C21H24N2O5S/c1-14-8-9-18(15(2)10-14)22-20(24)13-28-21(25)19-11-16-6-4-5-7-17(16)12-23(19)29(3,26)27/h4-10,19H,11-13H2,1-3H3,(H,22,24)/t19-/m0/s1. The molecule has 0 aliphatic carbocycles. The van der Waals surface area contributed by atoms with Gasteiger partial charge in [-0.3, -0.25) is 9.59 Å². The highest BCUT2D eigenvalue weighted by Gasteiger charge is 2.38. The molecule has 0 saturated heterocycles. The number of carbonyl (C=O) groups is 2. The molecule has 3 rings (SSSR count). The van der Waals surface area contributed by atoms with Crippen molar-refractivity contribution in [3.63, 3.8) is 0 Å². The maximum absolute atomic E-state index is 12.6. The quantitative estimate of drug-likeness (QED) is 0.754. The molecule has 0 aromatic heterocycles. The van der Waals surface area contributed by atoms with E-state index < -0.39 is 34.5 Å². The summed E-state index contributed by atoms with van der Waals surface area (Å²) in [5.74, 6) is -1.21. The number of fused-ring (bicyclic) bond motifs is 1. The lowest BCUT2D eigenvalue weighted by atomic mass is 9.96. The second-order valence-corrected chi connectivity index (χ2v) is 9.21. The molecular formula is C21H24N2O5S. The van der Waals surface area contributed by atoms with Gasteiger partial charge in [0.2, 0.25) is 10.0 Å². The summed E-state index contributed by atoms with van der Waals surface area (Å²) >= 11 is 0. The molecule has 0 radical (unpaired) electrons. The molecule has 0 saturated carbocycles. The third kappa shape index (κ3) is 5.02. The third-order valence-corrected chi connectivity index (χ3v) is 6.14. The molecule has 154 valence electrons. The first-order valence-electron chi connectivity index (χ1n) is 9.22. The van der Waals surface area contributed by atoms with E-state index >= 15 is 0 Å². The fraction of sp³-hybridized carbons (Fsp3) is 0.333. The van der Waals surface area contributed by atoms with E-state index in [0.717, 1.165) is 32.8 Å². The minimum atomic E-state index is -3.63. The Kier molecular flexibility index (Phi) is 6.04. The number of ether oxygens (including phenoxy) is 1. The Labute approximate surface area is 170 Å². The topological polar surface area (TPSA) is 92.8 Å². The summed E-state index contributed by atoms with van der Waals surface area (Å²) < 4.78 is 30.7. The average Bonchev–Trinajstić information content (AvgIpc) is 2.66. The normalized spacial score (nSPS) is 16.7. The summed E-state index contributed by atoms with van der Waals surface area (Å²) in [5, 5.41) is 2.70. The number of amides is 1. The van der Waals surface area contributed by atoms with Crippen LogP contribution < -0.4 is 5.32 Å². The first-order valence-corrected chi connectivity index (χ1v) is 11.1. The first-order chi connectivity index (χ1) is 13.6. The molecule has 0 bridgehead atoms. The van der Waals surface area contributed by atoms with E-state index in [0.29, 0.717) is 5.69 Å². The van der Waals surface area contributed by atoms with Crippen LogP contribution in [0.5, 0.6) is 0 Å². The number of carbonyl (C=O) groups excluding carboxylic acids is 2. The molecule has 1 aliphatic heterocycles. The van der Waals surface area contributed by atoms with Gasteiger partial charge in [0.1, 0.15) is 6.04 Å². The van der Waals surface area contributed by atoms with Crippen molar-refractivity contribution in [2.45, 2.75) is 32.9 Å². The van der Waals surface area contributed by atoms with Crippen LogP contribution >= 0.6 is 0 Å². The van der Waals surface area contributed by atoms with Crippen molar-refractivity contribution < 1.29 is 22.7 Å². The van der Waals surface area contributed by atoms with E-state index in [1.165, 1.54) is 0 Å². The van der Waals surface area contributed by atoms with Crippen molar-refractivity contribution in [3.05, 3.63) is 64.7 Å². The lowest BCUT2D eigenvalue weighted by Crippen LogP contribution is -2.49. The van der Waals surface area contributed by atoms with Crippen molar-refractivity contribution in [2.75, 3.05) is 18.2 Å². The summed E-state index contributed by atoms with van der Waals surface area (Å²) in [6.45, 7) is 3.44. The number of benzene rings is 2. The second-order valence-electron chi connectivity index (χ2n) is 7.27. The van der Waals surface area contributed by atoms with Crippen molar-refractivity contribution in [2.24, 2.45) is 0 Å². The Balaban J connectivity index is 1.67. The molecule has 1 heterocycles. The maximum atomic E-state index is 12.6. The maximum Gasteiger partial charge on any atom is 0.325 e. The number of hydrogen-bond acceptors (Lipinski definition) is 5. The SMILES string of the molecule is Cc1ccc(NC(=O)COC(=O)[C@@H]2Cc3ccccc3CN2S(C)(=O)=O)c(C)c1. The Morgan fingerprint density at radius 2 is 1.83 bits per heavy atom. The van der Waals surface area contributed by atoms with Gasteiger partial charge >= 0.3 is 5.97 Å². The number of nitrogens with one attached hydrogen (secondary N) is 1. The van der Waals surface area contributed by atoms with Crippen molar-refractivity contribution in [1.29, 1.82) is 0 Å². The minimum absolute atomic E-state index is 0.101. The van der Waals surface area contributed by atoms with Gasteiger partial charge in [-0.15, -0.1) is 0 Å². The zero-order chi connectivity index (χ0) is 21.2. The molecule has 1 N–H and O–H groups in total. The van der Waals surface area contributed by atoms with Gasteiger partial charge in [-0.25, -0.2) is 8.42 Å². The molecule has 0 spiro atoms. The van der Waals surface area contributed by atoms with Gasteiger partial charge < -0.3 is 10.1 Å². The van der Waals surface area contributed by atoms with E-state index in [4.69, 9.17) is 4.74 Å². The number of sulfonamides is 1. The lowest BCUT2D eigenvalue weighted by molar-refractivity contribution is -0.151. The van der Waals surface area contributed by atoms with Crippen LogP contribution in [-0.2, 0) is 37.3 Å². The lowest BCUT2D eigenvalue weighted by Gasteiger charge is -2.33. The zero-order valence-corrected chi connectivity index (χ0v) is 17.5. The van der Waals surface area contributed by atoms with E-state index in [-0.39, 0.29) is 13.0 Å². The van der Waals surface area contributed by atoms with Crippen LogP contribution in [0.1, 0.15) is 22.3 Å². The molecule has 1 aliphatic rings. The van der Waals surface area contributed by atoms with E-state index in [1.807, 2.05) is 50.2 Å². The van der Waals surface area contributed by atoms with E-state index in [2.05, 4.69) is 5.32 Å². The number of rotatable bonds is 5. The van der Waals surface area contributed by atoms with Crippen molar-refractivity contribution in [1.82, 2.24) is 4.31 Å². The van der Waals surface area contributed by atoms with E-state index in [1.54, 1.807) is 6.07 Å². The van der Waals surface area contributed by atoms with Gasteiger partial charge in [-0.1, -0.05) is 42.0 Å². The first kappa shape index (κ1) is 21.0. The summed E-state index contributed by atoms with van der Waals surface area (Å²) in [7, 11) is -3.63. The molecular weight excluding hydrogens is 392 g/mol. The summed E-state index contributed by atoms with van der Waals surface area (Å²) in [6, 6.07) is 12.0. The zero-order valence-electron chi connectivity index (χ0n) is 16.6. The van der Waals surface area contributed by atoms with Crippen LogP contribution in [-0.4, -0.2) is 43.5 Å². The Hall–Kier alpha value is -2.71. The minimum Gasteiger partial charge on any atom is -0.454 e. The number of hydrogen-bond donors (Lipinski definition) is 1. The molecule has 2 aromatic carbocycles. The monoisotopic (exact) mass is 416 g/mol. The van der Waals surface area contributed by atoms with Crippen LogP contribution in [0.25, 0.3) is 0 Å². The summed E-state index contributed by atoms with van der Waals surface area (Å²) in [6.07, 6.45) is 1.27. The highest BCUT2D eigenvalue weighted by molar-refractivity contribution is 7.88. The smallest absolute Gasteiger partial charge is 0.325 e. The largest absolute Gasteiger partial charge is 0.454 e. The average molecular weight is 416 g/mol. The Morgan fingerprint density at radius 1 is 1.14 bits per heavy atom. The fourth-order valence-corrected chi connectivity index (χ4v) is 4.42. The molecule has 1 amide bonds. The van der Waals surface area contributed by atoms with Gasteiger partial charge in [-0.05, 0) is 36.6 Å². The second kappa shape index (κ2) is 8.34. The predicted octanol–water partition coefficient (Wildman–Crippen LogP) is 2.17. The highest BCUT2D eigenvalue weighted by Crippen LogP contribution is 2.26. The van der Waals surface area contributed by atoms with Gasteiger partial charge in [0.25, 0.3) is 5.91 Å². The summed E-state index contributed by atoms with van der Waals surface area (Å²) in [5.41, 5.74) is 4.37. The van der Waals surface area contributed by atoms with E-state index in [9.17, 15) is 18.0 Å². The number of aryl methyl sites for hydroxylation is 2. The predicted molar refractivity (Wildman–Crippen MR) is 110 cm³/mol. The van der Waals surface area contributed by atoms with Crippen molar-refractivity contribution >= 4 is 27.6 Å². The number of anilines is 1. The van der Waals surface area contributed by atoms with Crippen LogP contribution in [0, 0.1) is 13.8 Å². The molecule has 7 nitrogen and oxygen atoms in total. The Bertz CT molecular complexity index is 1050. The van der Waals surface area contributed by atoms with Gasteiger partial charge in [0.15, 0.2) is 6.61 Å². The number of esters is 1. The van der Waals surface area contributed by atoms with Crippen molar-refractivity contribution in [3.8, 4) is 0 Å². The highest BCUT2D eigenvalue weighted by atomic mass is 32.2. The van der Waals surface area contributed by atoms with Gasteiger partial charge in [0, 0.05) is 18.7 Å². The van der Waals surface area contributed by atoms with Crippen LogP contribution in [0.15, 0.2) is 42.5 Å².